The molecule has 1 aromatic rings. The van der Waals surface area contributed by atoms with Crippen LogP contribution in [0.25, 0.3) is 0 Å². The molecule has 0 atom stereocenters. The average molecular weight is 320 g/mol. The summed E-state index contributed by atoms with van der Waals surface area (Å²) >= 11 is 2.99. The van der Waals surface area contributed by atoms with Crippen LogP contribution in [0.5, 0.6) is 0 Å². The second-order valence-electron chi connectivity index (χ2n) is 4.01. The average Bonchev–Trinajstić information content (AvgIpc) is 2.39. The van der Waals surface area contributed by atoms with Gasteiger partial charge in [-0.2, -0.15) is 0 Å². The molecule has 18 heavy (non-hydrogen) atoms. The predicted octanol–water partition coefficient (Wildman–Crippen LogP) is 1.45. The van der Waals surface area contributed by atoms with E-state index in [4.69, 9.17) is 0 Å². The topological polar surface area (TPSA) is 69.6 Å². The first kappa shape index (κ1) is 15.1. The minimum absolute atomic E-state index is 0.135. The van der Waals surface area contributed by atoms with Gasteiger partial charge in [-0.25, -0.2) is 4.39 Å². The first-order chi connectivity index (χ1) is 8.49. The standard InChI is InChI=1S/C12H15BrFNO3/c1-2-12(6-16,7-17)15-11(18)8-4-3-5-9(13)10(8)14/h3-5,16-17H,2,6-7H2,1H3,(H,15,18). The summed E-state index contributed by atoms with van der Waals surface area (Å²) in [5.74, 6) is -1.34. The summed E-state index contributed by atoms with van der Waals surface area (Å²) in [6.45, 7) is 0.882. The Labute approximate surface area is 113 Å². The Bertz CT molecular complexity index is 427. The minimum Gasteiger partial charge on any atom is -0.394 e. The number of carbonyl (C=O) groups is 1. The van der Waals surface area contributed by atoms with Gasteiger partial charge in [0.2, 0.25) is 0 Å². The van der Waals surface area contributed by atoms with E-state index >= 15 is 0 Å². The fourth-order valence-electron chi connectivity index (χ4n) is 1.43. The number of aliphatic hydroxyl groups excluding tert-OH is 2. The number of carbonyl (C=O) groups excluding carboxylic acids is 1. The van der Waals surface area contributed by atoms with Crippen molar-refractivity contribution in [1.82, 2.24) is 5.32 Å². The van der Waals surface area contributed by atoms with Crippen molar-refractivity contribution in [2.24, 2.45) is 0 Å². The highest BCUT2D eigenvalue weighted by atomic mass is 79.9. The second kappa shape index (κ2) is 6.26. The lowest BCUT2D eigenvalue weighted by Crippen LogP contribution is -2.53. The maximum atomic E-state index is 13.7. The highest BCUT2D eigenvalue weighted by Gasteiger charge is 2.29. The summed E-state index contributed by atoms with van der Waals surface area (Å²) in [6, 6.07) is 4.36. The third-order valence-electron chi connectivity index (χ3n) is 2.86. The van der Waals surface area contributed by atoms with Crippen molar-refractivity contribution in [3.05, 3.63) is 34.1 Å². The molecule has 0 aromatic heterocycles. The minimum atomic E-state index is -1.13. The van der Waals surface area contributed by atoms with Crippen LogP contribution in [0.3, 0.4) is 0 Å². The smallest absolute Gasteiger partial charge is 0.254 e. The van der Waals surface area contributed by atoms with Crippen LogP contribution in [-0.2, 0) is 0 Å². The molecular formula is C12H15BrFNO3. The summed E-state index contributed by atoms with van der Waals surface area (Å²) < 4.78 is 13.9. The lowest BCUT2D eigenvalue weighted by Gasteiger charge is -2.29. The molecule has 1 amide bonds. The Hall–Kier alpha value is -0.980. The summed E-state index contributed by atoms with van der Waals surface area (Å²) in [6.07, 6.45) is 0.335. The van der Waals surface area contributed by atoms with Crippen molar-refractivity contribution in [3.8, 4) is 0 Å². The summed E-state index contributed by atoms with van der Waals surface area (Å²) in [5, 5.41) is 20.9. The fourth-order valence-corrected chi connectivity index (χ4v) is 1.79. The molecule has 0 unspecified atom stereocenters. The zero-order valence-corrected chi connectivity index (χ0v) is 11.5. The van der Waals surface area contributed by atoms with E-state index in [1.54, 1.807) is 6.92 Å². The lowest BCUT2D eigenvalue weighted by molar-refractivity contribution is 0.0649. The van der Waals surface area contributed by atoms with E-state index in [0.29, 0.717) is 6.42 Å². The van der Waals surface area contributed by atoms with Crippen molar-refractivity contribution >= 4 is 21.8 Å². The Balaban J connectivity index is 2.98. The number of amides is 1. The molecule has 0 saturated heterocycles. The van der Waals surface area contributed by atoms with Gasteiger partial charge in [-0.3, -0.25) is 4.79 Å². The SMILES string of the molecule is CCC(CO)(CO)NC(=O)c1cccc(Br)c1F. The normalized spacial score (nSPS) is 11.4. The fraction of sp³-hybridized carbons (Fsp3) is 0.417. The molecule has 3 N–H and O–H groups in total. The maximum Gasteiger partial charge on any atom is 0.254 e. The van der Waals surface area contributed by atoms with Gasteiger partial charge in [0, 0.05) is 0 Å². The molecule has 0 radical (unpaired) electrons. The highest BCUT2D eigenvalue weighted by Crippen LogP contribution is 2.19. The molecule has 0 aliphatic rings. The Kier molecular flexibility index (Phi) is 5.25. The van der Waals surface area contributed by atoms with Crippen LogP contribution >= 0.6 is 15.9 Å². The second-order valence-corrected chi connectivity index (χ2v) is 4.86. The van der Waals surface area contributed by atoms with Gasteiger partial charge in [-0.1, -0.05) is 13.0 Å². The van der Waals surface area contributed by atoms with Gasteiger partial charge >= 0.3 is 0 Å². The van der Waals surface area contributed by atoms with Gasteiger partial charge in [0.25, 0.3) is 5.91 Å². The van der Waals surface area contributed by atoms with Crippen LogP contribution in [0, 0.1) is 5.82 Å². The third-order valence-corrected chi connectivity index (χ3v) is 3.47. The quantitative estimate of drug-likeness (QED) is 0.769. The number of hydrogen-bond acceptors (Lipinski definition) is 3. The van der Waals surface area contributed by atoms with E-state index < -0.39 is 30.5 Å². The van der Waals surface area contributed by atoms with E-state index in [0.717, 1.165) is 0 Å². The molecule has 0 bridgehead atoms. The van der Waals surface area contributed by atoms with Gasteiger partial charge in [0.05, 0.1) is 28.8 Å². The Morgan fingerprint density at radius 2 is 2.06 bits per heavy atom. The van der Waals surface area contributed by atoms with Crippen molar-refractivity contribution in [1.29, 1.82) is 0 Å². The van der Waals surface area contributed by atoms with Crippen molar-refractivity contribution in [2.75, 3.05) is 13.2 Å². The van der Waals surface area contributed by atoms with Gasteiger partial charge in [0.1, 0.15) is 5.82 Å². The molecule has 0 saturated carbocycles. The molecule has 0 aliphatic heterocycles. The van der Waals surface area contributed by atoms with Gasteiger partial charge in [-0.15, -0.1) is 0 Å². The number of nitrogens with one attached hydrogen (secondary N) is 1. The van der Waals surface area contributed by atoms with Gasteiger partial charge in [-0.05, 0) is 34.5 Å². The van der Waals surface area contributed by atoms with E-state index in [1.165, 1.54) is 18.2 Å². The molecule has 0 fully saturated rings. The predicted molar refractivity (Wildman–Crippen MR) is 68.8 cm³/mol. The molecule has 1 aromatic carbocycles. The first-order valence-corrected chi connectivity index (χ1v) is 6.27. The van der Waals surface area contributed by atoms with Gasteiger partial charge in [0.15, 0.2) is 0 Å². The number of aliphatic hydroxyl groups is 2. The van der Waals surface area contributed by atoms with Crippen LogP contribution in [0.1, 0.15) is 23.7 Å². The maximum absolute atomic E-state index is 13.7. The Morgan fingerprint density at radius 3 is 2.56 bits per heavy atom. The summed E-state index contributed by atoms with van der Waals surface area (Å²) in [4.78, 5) is 11.9. The lowest BCUT2D eigenvalue weighted by atomic mass is 9.98. The molecular weight excluding hydrogens is 305 g/mol. The molecule has 0 aliphatic carbocycles. The molecule has 6 heteroatoms. The highest BCUT2D eigenvalue weighted by molar-refractivity contribution is 9.10. The van der Waals surface area contributed by atoms with E-state index in [-0.39, 0.29) is 10.0 Å². The summed E-state index contributed by atoms with van der Waals surface area (Å²) in [7, 11) is 0. The number of halogens is 2. The monoisotopic (exact) mass is 319 g/mol. The zero-order chi connectivity index (χ0) is 13.8. The molecule has 0 spiro atoms. The van der Waals surface area contributed by atoms with Crippen LogP contribution in [0.15, 0.2) is 22.7 Å². The van der Waals surface area contributed by atoms with E-state index in [9.17, 15) is 19.4 Å². The van der Waals surface area contributed by atoms with Crippen LogP contribution < -0.4 is 5.32 Å². The summed E-state index contributed by atoms with van der Waals surface area (Å²) in [5.41, 5.74) is -1.27. The van der Waals surface area contributed by atoms with Crippen molar-refractivity contribution in [3.63, 3.8) is 0 Å². The molecule has 4 nitrogen and oxygen atoms in total. The van der Waals surface area contributed by atoms with E-state index in [1.807, 2.05) is 0 Å². The largest absolute Gasteiger partial charge is 0.394 e. The van der Waals surface area contributed by atoms with Crippen LogP contribution in [0.2, 0.25) is 0 Å². The van der Waals surface area contributed by atoms with Crippen LogP contribution in [-0.4, -0.2) is 34.9 Å². The van der Waals surface area contributed by atoms with E-state index in [2.05, 4.69) is 21.2 Å². The Morgan fingerprint density at radius 1 is 1.44 bits per heavy atom. The van der Waals surface area contributed by atoms with Crippen LogP contribution in [0.4, 0.5) is 4.39 Å². The van der Waals surface area contributed by atoms with Crippen molar-refractivity contribution < 1.29 is 19.4 Å². The third kappa shape index (κ3) is 3.07. The number of hydrogen-bond donors (Lipinski definition) is 3. The molecule has 1 rings (SSSR count). The van der Waals surface area contributed by atoms with Gasteiger partial charge < -0.3 is 15.5 Å². The van der Waals surface area contributed by atoms with Crippen molar-refractivity contribution in [2.45, 2.75) is 18.9 Å². The number of rotatable bonds is 5. The first-order valence-electron chi connectivity index (χ1n) is 5.48. The zero-order valence-electron chi connectivity index (χ0n) is 9.91. The molecule has 100 valence electrons. The molecule has 0 heterocycles. The number of benzene rings is 1.